The Morgan fingerprint density at radius 1 is 1.12 bits per heavy atom. The van der Waals surface area contributed by atoms with Gasteiger partial charge in [0.15, 0.2) is 0 Å². The fourth-order valence-corrected chi connectivity index (χ4v) is 2.03. The Morgan fingerprint density at radius 2 is 1.71 bits per heavy atom. The Bertz CT molecular complexity index is 335. The van der Waals surface area contributed by atoms with Crippen LogP contribution < -0.4 is 5.32 Å². The van der Waals surface area contributed by atoms with Crippen LogP contribution in [-0.2, 0) is 11.3 Å². The van der Waals surface area contributed by atoms with E-state index in [9.17, 15) is 0 Å². The molecule has 96 valence electrons. The first-order chi connectivity index (χ1) is 8.00. The molecular formula is C15H25NO. The van der Waals surface area contributed by atoms with Crippen molar-refractivity contribution in [2.45, 2.75) is 47.3 Å². The van der Waals surface area contributed by atoms with Crippen molar-refractivity contribution in [2.75, 3.05) is 13.2 Å². The Kier molecular flexibility index (Phi) is 5.66. The molecule has 0 radical (unpaired) electrons. The van der Waals surface area contributed by atoms with Crippen molar-refractivity contribution in [1.29, 1.82) is 0 Å². The van der Waals surface area contributed by atoms with Gasteiger partial charge in [0.25, 0.3) is 0 Å². The molecule has 0 saturated heterocycles. The Balaban J connectivity index is 2.42. The minimum absolute atomic E-state index is 0.529. The minimum Gasteiger partial charge on any atom is -0.375 e. The molecule has 0 fully saturated rings. The second-order valence-corrected chi connectivity index (χ2v) is 5.04. The third-order valence-corrected chi connectivity index (χ3v) is 2.89. The first-order valence-corrected chi connectivity index (χ1v) is 6.38. The molecular weight excluding hydrogens is 210 g/mol. The molecule has 0 bridgehead atoms. The molecule has 0 aliphatic carbocycles. The lowest BCUT2D eigenvalue weighted by Gasteiger charge is -2.13. The lowest BCUT2D eigenvalue weighted by atomic mass is 10.0. The third kappa shape index (κ3) is 4.88. The lowest BCUT2D eigenvalue weighted by Crippen LogP contribution is -2.26. The average molecular weight is 235 g/mol. The van der Waals surface area contributed by atoms with Gasteiger partial charge >= 0.3 is 0 Å². The second-order valence-electron chi connectivity index (χ2n) is 5.04. The third-order valence-electron chi connectivity index (χ3n) is 2.89. The molecule has 1 aromatic rings. The van der Waals surface area contributed by atoms with Crippen LogP contribution in [0.5, 0.6) is 0 Å². The highest BCUT2D eigenvalue weighted by Gasteiger charge is 2.03. The van der Waals surface area contributed by atoms with Gasteiger partial charge in [0.1, 0.15) is 0 Å². The van der Waals surface area contributed by atoms with Crippen molar-refractivity contribution in [1.82, 2.24) is 5.32 Å². The molecule has 0 unspecified atom stereocenters. The maximum absolute atomic E-state index is 5.71. The topological polar surface area (TPSA) is 21.3 Å². The van der Waals surface area contributed by atoms with Gasteiger partial charge in [0.2, 0.25) is 0 Å². The number of hydrogen-bond donors (Lipinski definition) is 1. The van der Waals surface area contributed by atoms with Gasteiger partial charge in [-0.25, -0.2) is 0 Å². The van der Waals surface area contributed by atoms with Crippen LogP contribution in [0.25, 0.3) is 0 Å². The molecule has 2 nitrogen and oxygen atoms in total. The molecule has 0 saturated carbocycles. The first-order valence-electron chi connectivity index (χ1n) is 6.38. The standard InChI is InChI=1S/C15H25NO/c1-11(2)16-6-7-17-10-15-13(4)8-12(3)9-14(15)5/h8-9,11,16H,6-7,10H2,1-5H3. The molecule has 0 aliphatic heterocycles. The van der Waals surface area contributed by atoms with Gasteiger partial charge < -0.3 is 10.1 Å². The summed E-state index contributed by atoms with van der Waals surface area (Å²) in [6.07, 6.45) is 0. The smallest absolute Gasteiger partial charge is 0.0722 e. The summed E-state index contributed by atoms with van der Waals surface area (Å²) in [5.74, 6) is 0. The van der Waals surface area contributed by atoms with Crippen LogP contribution in [0.3, 0.4) is 0 Å². The molecule has 1 N–H and O–H groups in total. The number of nitrogens with one attached hydrogen (secondary N) is 1. The van der Waals surface area contributed by atoms with Crippen LogP contribution in [-0.4, -0.2) is 19.2 Å². The predicted molar refractivity (Wildman–Crippen MR) is 73.4 cm³/mol. The van der Waals surface area contributed by atoms with Gasteiger partial charge in [0.05, 0.1) is 13.2 Å². The van der Waals surface area contributed by atoms with Gasteiger partial charge in [-0.2, -0.15) is 0 Å². The van der Waals surface area contributed by atoms with E-state index in [-0.39, 0.29) is 0 Å². The van der Waals surface area contributed by atoms with Gasteiger partial charge in [0, 0.05) is 12.6 Å². The highest BCUT2D eigenvalue weighted by molar-refractivity contribution is 5.36. The number of hydrogen-bond acceptors (Lipinski definition) is 2. The molecule has 0 aliphatic rings. The van der Waals surface area contributed by atoms with Crippen molar-refractivity contribution in [3.05, 3.63) is 34.4 Å². The molecule has 2 heteroatoms. The summed E-state index contributed by atoms with van der Waals surface area (Å²) in [4.78, 5) is 0. The number of rotatable bonds is 6. The van der Waals surface area contributed by atoms with Crippen molar-refractivity contribution in [2.24, 2.45) is 0 Å². The van der Waals surface area contributed by atoms with Crippen LogP contribution in [0, 0.1) is 20.8 Å². The van der Waals surface area contributed by atoms with Crippen molar-refractivity contribution < 1.29 is 4.74 Å². The van der Waals surface area contributed by atoms with E-state index in [0.717, 1.165) is 19.8 Å². The Labute approximate surface area is 105 Å². The summed E-state index contributed by atoms with van der Waals surface area (Å²) < 4.78 is 5.71. The van der Waals surface area contributed by atoms with Crippen LogP contribution >= 0.6 is 0 Å². The second kappa shape index (κ2) is 6.77. The van der Waals surface area contributed by atoms with E-state index in [1.54, 1.807) is 0 Å². The zero-order valence-electron chi connectivity index (χ0n) is 11.8. The zero-order chi connectivity index (χ0) is 12.8. The van der Waals surface area contributed by atoms with Crippen molar-refractivity contribution >= 4 is 0 Å². The monoisotopic (exact) mass is 235 g/mol. The SMILES string of the molecule is Cc1cc(C)c(COCCNC(C)C)c(C)c1. The van der Waals surface area contributed by atoms with E-state index in [1.165, 1.54) is 22.3 Å². The maximum atomic E-state index is 5.71. The minimum atomic E-state index is 0.529. The number of aryl methyl sites for hydroxylation is 3. The van der Waals surface area contributed by atoms with Crippen LogP contribution in [0.15, 0.2) is 12.1 Å². The van der Waals surface area contributed by atoms with Crippen LogP contribution in [0.2, 0.25) is 0 Å². The Hall–Kier alpha value is -0.860. The van der Waals surface area contributed by atoms with E-state index >= 15 is 0 Å². The van der Waals surface area contributed by atoms with E-state index in [0.29, 0.717) is 6.04 Å². The van der Waals surface area contributed by atoms with E-state index in [1.807, 2.05) is 0 Å². The van der Waals surface area contributed by atoms with Gasteiger partial charge in [-0.05, 0) is 37.5 Å². The summed E-state index contributed by atoms with van der Waals surface area (Å²) in [6.45, 7) is 13.2. The molecule has 0 aromatic heterocycles. The van der Waals surface area contributed by atoms with Gasteiger partial charge in [-0.1, -0.05) is 31.5 Å². The van der Waals surface area contributed by atoms with Gasteiger partial charge in [-0.3, -0.25) is 0 Å². The summed E-state index contributed by atoms with van der Waals surface area (Å²) in [6, 6.07) is 4.97. The Morgan fingerprint density at radius 3 is 2.24 bits per heavy atom. The van der Waals surface area contributed by atoms with Crippen molar-refractivity contribution in [3.63, 3.8) is 0 Å². The quantitative estimate of drug-likeness (QED) is 0.765. The molecule has 0 atom stereocenters. The van der Waals surface area contributed by atoms with Gasteiger partial charge in [-0.15, -0.1) is 0 Å². The summed E-state index contributed by atoms with van der Waals surface area (Å²) in [5, 5.41) is 3.35. The normalized spacial score (nSPS) is 11.2. The van der Waals surface area contributed by atoms with Crippen molar-refractivity contribution in [3.8, 4) is 0 Å². The van der Waals surface area contributed by atoms with E-state index < -0.39 is 0 Å². The maximum Gasteiger partial charge on any atom is 0.0722 e. The van der Waals surface area contributed by atoms with Crippen LogP contribution in [0.4, 0.5) is 0 Å². The summed E-state index contributed by atoms with van der Waals surface area (Å²) in [7, 11) is 0. The van der Waals surface area contributed by atoms with E-state index in [4.69, 9.17) is 4.74 Å². The number of benzene rings is 1. The lowest BCUT2D eigenvalue weighted by molar-refractivity contribution is 0.120. The molecule has 0 spiro atoms. The molecule has 1 aromatic carbocycles. The van der Waals surface area contributed by atoms with Crippen LogP contribution in [0.1, 0.15) is 36.1 Å². The molecule has 0 heterocycles. The van der Waals surface area contributed by atoms with E-state index in [2.05, 4.69) is 52.1 Å². The fraction of sp³-hybridized carbons (Fsp3) is 0.600. The zero-order valence-corrected chi connectivity index (χ0v) is 11.8. The molecule has 1 rings (SSSR count). The fourth-order valence-electron chi connectivity index (χ4n) is 2.03. The molecule has 17 heavy (non-hydrogen) atoms. The number of ether oxygens (including phenoxy) is 1. The largest absolute Gasteiger partial charge is 0.375 e. The average Bonchev–Trinajstić information content (AvgIpc) is 2.20. The first kappa shape index (κ1) is 14.2. The molecule has 0 amide bonds. The summed E-state index contributed by atoms with van der Waals surface area (Å²) >= 11 is 0. The highest BCUT2D eigenvalue weighted by Crippen LogP contribution is 2.17. The highest BCUT2D eigenvalue weighted by atomic mass is 16.5. The predicted octanol–water partition coefficient (Wildman–Crippen LogP) is 3.13. The summed E-state index contributed by atoms with van der Waals surface area (Å²) in [5.41, 5.74) is 5.32.